The van der Waals surface area contributed by atoms with Crippen molar-refractivity contribution in [2.75, 3.05) is 13.1 Å². The molecule has 0 spiro atoms. The number of sulfonamides is 1. The van der Waals surface area contributed by atoms with Crippen LogP contribution >= 0.6 is 0 Å². The van der Waals surface area contributed by atoms with Gasteiger partial charge in [-0.3, -0.25) is 10.0 Å². The van der Waals surface area contributed by atoms with E-state index in [1.807, 2.05) is 0 Å². The zero-order valence-corrected chi connectivity index (χ0v) is 19.6. The Kier molecular flexibility index (Phi) is 7.33. The van der Waals surface area contributed by atoms with Crippen LogP contribution in [0.25, 0.3) is 0 Å². The van der Waals surface area contributed by atoms with Gasteiger partial charge in [0.25, 0.3) is 5.91 Å². The van der Waals surface area contributed by atoms with Gasteiger partial charge in [0.1, 0.15) is 23.6 Å². The molecule has 2 heterocycles. The van der Waals surface area contributed by atoms with Crippen LogP contribution in [0.1, 0.15) is 35.7 Å². The Balaban J connectivity index is 1.50. The lowest BCUT2D eigenvalue weighted by Gasteiger charge is -2.32. The maximum absolute atomic E-state index is 13.5. The fraction of sp³-hybridized carbons (Fsp3) is 0.304. The van der Waals surface area contributed by atoms with Gasteiger partial charge in [-0.2, -0.15) is 17.5 Å². The summed E-state index contributed by atoms with van der Waals surface area (Å²) in [4.78, 5) is 19.2. The number of hydrogen-bond acceptors (Lipinski definition) is 6. The molecule has 3 aromatic rings. The highest BCUT2D eigenvalue weighted by Crippen LogP contribution is 2.33. The summed E-state index contributed by atoms with van der Waals surface area (Å²) in [5.74, 6) is -1.62. The number of imidazole rings is 1. The van der Waals surface area contributed by atoms with E-state index in [1.54, 1.807) is 11.5 Å². The fourth-order valence-corrected chi connectivity index (χ4v) is 5.81. The lowest BCUT2D eigenvalue weighted by Crippen LogP contribution is -2.42. The molecule has 36 heavy (non-hydrogen) atoms. The molecule has 2 aromatic carbocycles. The number of rotatable bonds is 7. The highest BCUT2D eigenvalue weighted by Gasteiger charge is 2.36. The normalized spacial score (nSPS) is 16.4. The number of hydroxylamine groups is 1. The van der Waals surface area contributed by atoms with E-state index in [0.29, 0.717) is 12.8 Å². The van der Waals surface area contributed by atoms with E-state index in [9.17, 15) is 31.6 Å². The monoisotopic (exact) mass is 524 g/mol. The molecule has 1 unspecified atom stereocenters. The number of hydrogen-bond donors (Lipinski definition) is 3. The summed E-state index contributed by atoms with van der Waals surface area (Å²) < 4.78 is 72.4. The van der Waals surface area contributed by atoms with Crippen LogP contribution in [0.15, 0.2) is 65.8 Å². The van der Waals surface area contributed by atoms with Crippen LogP contribution in [-0.2, 0) is 21.0 Å². The van der Waals surface area contributed by atoms with Crippen LogP contribution < -0.4 is 10.2 Å². The number of halogens is 3. The summed E-state index contributed by atoms with van der Waals surface area (Å²) in [6.07, 6.45) is -1.29. The average molecular weight is 525 g/mol. The number of piperidine rings is 1. The van der Waals surface area contributed by atoms with E-state index < -0.39 is 33.6 Å². The van der Waals surface area contributed by atoms with Crippen molar-refractivity contribution in [2.45, 2.75) is 35.9 Å². The number of amides is 1. The van der Waals surface area contributed by atoms with Gasteiger partial charge >= 0.3 is 6.18 Å². The lowest BCUT2D eigenvalue weighted by molar-refractivity contribution is -0.137. The van der Waals surface area contributed by atoms with Gasteiger partial charge in [0.15, 0.2) is 0 Å². The smallest absolute Gasteiger partial charge is 0.416 e. The third-order valence-electron chi connectivity index (χ3n) is 5.90. The van der Waals surface area contributed by atoms with E-state index >= 15 is 0 Å². The van der Waals surface area contributed by atoms with Crippen molar-refractivity contribution in [1.82, 2.24) is 19.8 Å². The van der Waals surface area contributed by atoms with Crippen molar-refractivity contribution in [2.24, 2.45) is 0 Å². The molecular formula is C23H23F3N4O5S. The van der Waals surface area contributed by atoms with Crippen LogP contribution in [0.5, 0.6) is 5.75 Å². The molecule has 0 aliphatic carbocycles. The zero-order valence-electron chi connectivity index (χ0n) is 18.8. The Bertz CT molecular complexity index is 1290. The SMILES string of the molecule is O=C(NO)C(c1ncc[nH]1)c1ccccc1S(=O)(=O)N1CCC(Oc2ccc(C(F)(F)F)cc2)CC1. The van der Waals surface area contributed by atoms with E-state index in [-0.39, 0.29) is 41.2 Å². The van der Waals surface area contributed by atoms with Crippen LogP contribution in [-0.4, -0.2) is 53.0 Å². The maximum atomic E-state index is 13.5. The summed E-state index contributed by atoms with van der Waals surface area (Å²) in [5, 5.41) is 9.24. The van der Waals surface area contributed by atoms with Crippen LogP contribution in [0.2, 0.25) is 0 Å². The topological polar surface area (TPSA) is 125 Å². The summed E-state index contributed by atoms with van der Waals surface area (Å²) in [6.45, 7) is 0.221. The molecule has 1 aliphatic rings. The second-order valence-corrected chi connectivity index (χ2v) is 10.1. The largest absolute Gasteiger partial charge is 0.490 e. The molecule has 1 fully saturated rings. The van der Waals surface area contributed by atoms with Gasteiger partial charge < -0.3 is 9.72 Å². The number of aromatic amines is 1. The number of ether oxygens (including phenoxy) is 1. The van der Waals surface area contributed by atoms with Gasteiger partial charge in [-0.05, 0) is 48.7 Å². The average Bonchev–Trinajstić information content (AvgIpc) is 3.39. The second-order valence-electron chi connectivity index (χ2n) is 8.16. The lowest BCUT2D eigenvalue weighted by atomic mass is 9.97. The predicted octanol–water partition coefficient (Wildman–Crippen LogP) is 3.30. The molecular weight excluding hydrogens is 501 g/mol. The van der Waals surface area contributed by atoms with Gasteiger partial charge in [0, 0.05) is 25.5 Å². The van der Waals surface area contributed by atoms with Crippen molar-refractivity contribution in [3.05, 3.63) is 77.9 Å². The van der Waals surface area contributed by atoms with E-state index in [2.05, 4.69) is 9.97 Å². The Morgan fingerprint density at radius 3 is 2.39 bits per heavy atom. The standard InChI is InChI=1S/C23H23F3N4O5S/c24-23(25,26)15-5-7-16(8-6-15)35-17-9-13-30(14-10-17)36(33,34)19-4-2-1-3-18(19)20(22(31)29-32)21-27-11-12-28-21/h1-8,11-12,17,20,32H,9-10,13-14H2,(H,27,28)(H,29,31). The molecule has 13 heteroatoms. The van der Waals surface area contributed by atoms with Gasteiger partial charge in [0.05, 0.1) is 10.5 Å². The highest BCUT2D eigenvalue weighted by atomic mass is 32.2. The van der Waals surface area contributed by atoms with Gasteiger partial charge in [-0.1, -0.05) is 18.2 Å². The first-order valence-corrected chi connectivity index (χ1v) is 12.4. The molecule has 3 N–H and O–H groups in total. The minimum absolute atomic E-state index is 0.0999. The Morgan fingerprint density at radius 2 is 1.81 bits per heavy atom. The minimum Gasteiger partial charge on any atom is -0.490 e. The molecule has 0 bridgehead atoms. The third kappa shape index (κ3) is 5.37. The van der Waals surface area contributed by atoms with Gasteiger partial charge in [-0.25, -0.2) is 18.9 Å². The number of carbonyl (C=O) groups is 1. The molecule has 1 atom stereocenters. The van der Waals surface area contributed by atoms with Crippen molar-refractivity contribution in [3.8, 4) is 5.75 Å². The van der Waals surface area contributed by atoms with E-state index in [4.69, 9.17) is 4.74 Å². The van der Waals surface area contributed by atoms with Crippen molar-refractivity contribution < 1.29 is 36.3 Å². The number of nitrogens with zero attached hydrogens (tertiary/aromatic N) is 2. The number of alkyl halides is 3. The first-order chi connectivity index (χ1) is 17.1. The molecule has 4 rings (SSSR count). The number of carbonyl (C=O) groups excluding carboxylic acids is 1. The first-order valence-electron chi connectivity index (χ1n) is 11.0. The number of H-pyrrole nitrogens is 1. The maximum Gasteiger partial charge on any atom is 0.416 e. The summed E-state index contributed by atoms with van der Waals surface area (Å²) in [5.41, 5.74) is 0.925. The minimum atomic E-state index is -4.44. The quantitative estimate of drug-likeness (QED) is 0.322. The van der Waals surface area contributed by atoms with Crippen LogP contribution in [0.3, 0.4) is 0 Å². The highest BCUT2D eigenvalue weighted by molar-refractivity contribution is 7.89. The van der Waals surface area contributed by atoms with Gasteiger partial charge in [0.2, 0.25) is 10.0 Å². The molecule has 1 aromatic heterocycles. The molecule has 1 saturated heterocycles. The first kappa shape index (κ1) is 25.7. The van der Waals surface area contributed by atoms with E-state index in [0.717, 1.165) is 12.1 Å². The summed E-state index contributed by atoms with van der Waals surface area (Å²) >= 11 is 0. The molecule has 192 valence electrons. The van der Waals surface area contributed by atoms with Crippen LogP contribution in [0, 0.1) is 0 Å². The number of benzene rings is 2. The molecule has 0 radical (unpaired) electrons. The van der Waals surface area contributed by atoms with Crippen molar-refractivity contribution in [3.63, 3.8) is 0 Å². The van der Waals surface area contributed by atoms with Crippen LogP contribution in [0.4, 0.5) is 13.2 Å². The fourth-order valence-electron chi connectivity index (χ4n) is 4.11. The second kappa shape index (κ2) is 10.3. The third-order valence-corrected chi connectivity index (χ3v) is 7.87. The Morgan fingerprint density at radius 1 is 1.14 bits per heavy atom. The molecule has 1 amide bonds. The molecule has 0 saturated carbocycles. The number of nitrogens with one attached hydrogen (secondary N) is 2. The Labute approximate surface area is 204 Å². The Hall–Kier alpha value is -3.42. The summed E-state index contributed by atoms with van der Waals surface area (Å²) in [6, 6.07) is 10.3. The number of aromatic nitrogens is 2. The van der Waals surface area contributed by atoms with Crippen molar-refractivity contribution >= 4 is 15.9 Å². The zero-order chi connectivity index (χ0) is 25.9. The molecule has 9 nitrogen and oxygen atoms in total. The summed E-state index contributed by atoms with van der Waals surface area (Å²) in [7, 11) is -4.04. The predicted molar refractivity (Wildman–Crippen MR) is 121 cm³/mol. The van der Waals surface area contributed by atoms with Crippen molar-refractivity contribution in [1.29, 1.82) is 0 Å². The van der Waals surface area contributed by atoms with Gasteiger partial charge in [-0.15, -0.1) is 0 Å². The van der Waals surface area contributed by atoms with E-state index in [1.165, 1.54) is 47.0 Å². The molecule has 1 aliphatic heterocycles.